The van der Waals surface area contributed by atoms with Gasteiger partial charge in [0.1, 0.15) is 5.82 Å². The summed E-state index contributed by atoms with van der Waals surface area (Å²) in [5, 5.41) is 2.87. The number of hydrogen-bond donors (Lipinski definition) is 2. The van der Waals surface area contributed by atoms with Crippen LogP contribution >= 0.6 is 0 Å². The molecule has 0 radical (unpaired) electrons. The van der Waals surface area contributed by atoms with E-state index < -0.39 is 27.9 Å². The molecule has 3 aromatic carbocycles. The van der Waals surface area contributed by atoms with Crippen LogP contribution in [0.15, 0.2) is 83.8 Å². The number of anilines is 1. The predicted molar refractivity (Wildman–Crippen MR) is 126 cm³/mol. The van der Waals surface area contributed by atoms with E-state index in [-0.39, 0.29) is 30.3 Å². The van der Waals surface area contributed by atoms with Crippen molar-refractivity contribution < 1.29 is 27.1 Å². The molecule has 0 aromatic heterocycles. The maximum absolute atomic E-state index is 13.1. The molecule has 7 nitrogen and oxygen atoms in total. The van der Waals surface area contributed by atoms with Crippen LogP contribution in [0, 0.1) is 5.82 Å². The number of halogens is 1. The minimum atomic E-state index is -3.87. The molecule has 0 aliphatic rings. The molecule has 0 spiro atoms. The molecule has 3 aromatic rings. The van der Waals surface area contributed by atoms with E-state index in [0.29, 0.717) is 11.3 Å². The van der Waals surface area contributed by atoms with Gasteiger partial charge in [-0.25, -0.2) is 12.8 Å². The molecule has 2 N–H and O–H groups in total. The van der Waals surface area contributed by atoms with E-state index in [0.717, 1.165) is 17.7 Å². The molecular formula is C25H25FN2O5S. The third-order valence-electron chi connectivity index (χ3n) is 4.91. The normalized spacial score (nSPS) is 11.9. The molecule has 0 aliphatic heterocycles. The summed E-state index contributed by atoms with van der Waals surface area (Å²) in [4.78, 5) is 24.6. The Hall–Kier alpha value is -3.72. The van der Waals surface area contributed by atoms with Crippen molar-refractivity contribution in [1.82, 2.24) is 5.32 Å². The van der Waals surface area contributed by atoms with Crippen LogP contribution in [0.1, 0.15) is 30.5 Å². The minimum Gasteiger partial charge on any atom is -0.466 e. The Labute approximate surface area is 198 Å². The third kappa shape index (κ3) is 7.14. The summed E-state index contributed by atoms with van der Waals surface area (Å²) in [6, 6.07) is 19.4. The van der Waals surface area contributed by atoms with Crippen LogP contribution in [-0.2, 0) is 30.8 Å². The van der Waals surface area contributed by atoms with Crippen molar-refractivity contribution in [2.45, 2.75) is 30.7 Å². The fourth-order valence-electron chi connectivity index (χ4n) is 3.27. The molecule has 1 unspecified atom stereocenters. The van der Waals surface area contributed by atoms with Gasteiger partial charge in [0.15, 0.2) is 0 Å². The van der Waals surface area contributed by atoms with Gasteiger partial charge in [-0.05, 0) is 54.4 Å². The average molecular weight is 485 g/mol. The van der Waals surface area contributed by atoms with E-state index in [2.05, 4.69) is 10.0 Å². The molecule has 1 atom stereocenters. The molecule has 34 heavy (non-hydrogen) atoms. The highest BCUT2D eigenvalue weighted by Gasteiger charge is 2.19. The largest absolute Gasteiger partial charge is 0.466 e. The highest BCUT2D eigenvalue weighted by atomic mass is 32.2. The van der Waals surface area contributed by atoms with Gasteiger partial charge in [-0.3, -0.25) is 14.3 Å². The number of sulfonamides is 1. The van der Waals surface area contributed by atoms with Gasteiger partial charge in [-0.2, -0.15) is 0 Å². The van der Waals surface area contributed by atoms with Crippen LogP contribution in [-0.4, -0.2) is 26.9 Å². The summed E-state index contributed by atoms with van der Waals surface area (Å²) in [6.45, 7) is 1.98. The molecule has 0 fully saturated rings. The molecule has 0 saturated carbocycles. The number of rotatable bonds is 10. The lowest BCUT2D eigenvalue weighted by Crippen LogP contribution is -2.31. The molecule has 9 heteroatoms. The third-order valence-corrected chi connectivity index (χ3v) is 6.31. The van der Waals surface area contributed by atoms with Gasteiger partial charge < -0.3 is 10.1 Å². The maximum Gasteiger partial charge on any atom is 0.308 e. The first-order valence-electron chi connectivity index (χ1n) is 10.6. The second-order valence-electron chi connectivity index (χ2n) is 7.47. The van der Waals surface area contributed by atoms with Crippen molar-refractivity contribution in [1.29, 1.82) is 0 Å². The number of nitrogens with one attached hydrogen (secondary N) is 2. The van der Waals surface area contributed by atoms with E-state index in [4.69, 9.17) is 4.74 Å². The van der Waals surface area contributed by atoms with Crippen LogP contribution in [0.3, 0.4) is 0 Å². The van der Waals surface area contributed by atoms with Crippen LogP contribution < -0.4 is 10.0 Å². The Morgan fingerprint density at radius 1 is 0.941 bits per heavy atom. The van der Waals surface area contributed by atoms with Gasteiger partial charge in [-0.1, -0.05) is 42.5 Å². The summed E-state index contributed by atoms with van der Waals surface area (Å²) >= 11 is 0. The fourth-order valence-corrected chi connectivity index (χ4v) is 4.33. The van der Waals surface area contributed by atoms with Crippen molar-refractivity contribution in [2.75, 3.05) is 11.3 Å². The fraction of sp³-hybridized carbons (Fsp3) is 0.200. The average Bonchev–Trinajstić information content (AvgIpc) is 2.81. The van der Waals surface area contributed by atoms with E-state index in [1.807, 2.05) is 30.3 Å². The van der Waals surface area contributed by atoms with Gasteiger partial charge >= 0.3 is 5.97 Å². The number of carbonyl (C=O) groups excluding carboxylic acids is 2. The Morgan fingerprint density at radius 3 is 2.21 bits per heavy atom. The highest BCUT2D eigenvalue weighted by molar-refractivity contribution is 7.92. The molecular weight excluding hydrogens is 459 g/mol. The van der Waals surface area contributed by atoms with Gasteiger partial charge in [0.2, 0.25) is 5.91 Å². The number of amides is 1. The van der Waals surface area contributed by atoms with Crippen molar-refractivity contribution in [3.63, 3.8) is 0 Å². The predicted octanol–water partition coefficient (Wildman–Crippen LogP) is 3.98. The number of benzene rings is 3. The first kappa shape index (κ1) is 24.9. The van der Waals surface area contributed by atoms with Crippen molar-refractivity contribution in [3.8, 4) is 0 Å². The van der Waals surface area contributed by atoms with E-state index in [9.17, 15) is 22.4 Å². The highest BCUT2D eigenvalue weighted by Crippen LogP contribution is 2.19. The Bertz CT molecular complexity index is 1210. The lowest BCUT2D eigenvalue weighted by Gasteiger charge is -2.18. The number of ether oxygens (including phenoxy) is 1. The molecule has 1 amide bonds. The van der Waals surface area contributed by atoms with Gasteiger partial charge in [0.25, 0.3) is 10.0 Å². The van der Waals surface area contributed by atoms with Crippen LogP contribution in [0.25, 0.3) is 0 Å². The first-order valence-corrected chi connectivity index (χ1v) is 12.1. The Morgan fingerprint density at radius 2 is 1.59 bits per heavy atom. The second kappa shape index (κ2) is 11.4. The molecule has 0 bridgehead atoms. The second-order valence-corrected chi connectivity index (χ2v) is 9.16. The van der Waals surface area contributed by atoms with Gasteiger partial charge in [0, 0.05) is 5.69 Å². The summed E-state index contributed by atoms with van der Waals surface area (Å²) in [7, 11) is -3.87. The standard InChI is InChI=1S/C25H25FN2O5S/c1-2-33-25(30)17-23(19-6-4-3-5-7-19)27-24(29)16-18-8-12-21(13-9-18)28-34(31,32)22-14-10-20(26)11-15-22/h3-15,23,28H,2,16-17H2,1H3,(H,27,29). The molecule has 3 rings (SSSR count). The Kier molecular flexibility index (Phi) is 8.37. The lowest BCUT2D eigenvalue weighted by atomic mass is 10.0. The molecule has 0 heterocycles. The maximum atomic E-state index is 13.1. The molecule has 0 aliphatic carbocycles. The first-order chi connectivity index (χ1) is 16.3. The van der Waals surface area contributed by atoms with Crippen molar-refractivity contribution in [2.24, 2.45) is 0 Å². The molecule has 178 valence electrons. The summed E-state index contributed by atoms with van der Waals surface area (Å²) in [6.07, 6.45) is 0.0465. The zero-order valence-electron chi connectivity index (χ0n) is 18.5. The molecule has 0 saturated heterocycles. The Balaban J connectivity index is 1.63. The number of hydrogen-bond acceptors (Lipinski definition) is 5. The van der Waals surface area contributed by atoms with E-state index in [1.54, 1.807) is 19.1 Å². The summed E-state index contributed by atoms with van der Waals surface area (Å²) in [5.74, 6) is -1.23. The lowest BCUT2D eigenvalue weighted by molar-refractivity contribution is -0.143. The quantitative estimate of drug-likeness (QED) is 0.424. The topological polar surface area (TPSA) is 102 Å². The van der Waals surface area contributed by atoms with Crippen LogP contribution in [0.4, 0.5) is 10.1 Å². The SMILES string of the molecule is CCOC(=O)CC(NC(=O)Cc1ccc(NS(=O)(=O)c2ccc(F)cc2)cc1)c1ccccc1. The summed E-state index contributed by atoms with van der Waals surface area (Å²) < 4.78 is 45.4. The van der Waals surface area contributed by atoms with E-state index >= 15 is 0 Å². The van der Waals surface area contributed by atoms with Crippen molar-refractivity contribution in [3.05, 3.63) is 95.8 Å². The van der Waals surface area contributed by atoms with Gasteiger partial charge in [-0.15, -0.1) is 0 Å². The van der Waals surface area contributed by atoms with Gasteiger partial charge in [0.05, 0.1) is 30.4 Å². The zero-order chi connectivity index (χ0) is 24.6. The number of carbonyl (C=O) groups is 2. The van der Waals surface area contributed by atoms with Crippen LogP contribution in [0.2, 0.25) is 0 Å². The van der Waals surface area contributed by atoms with Crippen LogP contribution in [0.5, 0.6) is 0 Å². The summed E-state index contributed by atoms with van der Waals surface area (Å²) in [5.41, 5.74) is 1.75. The number of esters is 1. The minimum absolute atomic E-state index is 0.00764. The van der Waals surface area contributed by atoms with E-state index in [1.165, 1.54) is 24.3 Å². The zero-order valence-corrected chi connectivity index (χ0v) is 19.3. The monoisotopic (exact) mass is 484 g/mol. The van der Waals surface area contributed by atoms with Crippen molar-refractivity contribution >= 4 is 27.6 Å². The smallest absolute Gasteiger partial charge is 0.308 e.